The molecule has 1 heterocycles. The van der Waals surface area contributed by atoms with Crippen molar-refractivity contribution in [3.05, 3.63) is 47.2 Å². The first kappa shape index (κ1) is 13.4. The molecular weight excluding hydrogens is 256 g/mol. The Morgan fingerprint density at radius 3 is 2.84 bits per heavy atom. The average molecular weight is 270 g/mol. The summed E-state index contributed by atoms with van der Waals surface area (Å²) in [5.41, 5.74) is 2.87. The largest absolute Gasteiger partial charge is 0.365 e. The maximum Gasteiger partial charge on any atom is 0.189 e. The summed E-state index contributed by atoms with van der Waals surface area (Å²) >= 11 is 1.46. The van der Waals surface area contributed by atoms with Crippen molar-refractivity contribution in [3.63, 3.8) is 0 Å². The molecule has 1 N–H and O–H groups in total. The SMILES string of the molecule is CSc1ncc(C#N)c(NCc2ccccc2C)n1. The number of hydrogen-bond acceptors (Lipinski definition) is 5. The van der Waals surface area contributed by atoms with E-state index in [2.05, 4.69) is 40.4 Å². The smallest absolute Gasteiger partial charge is 0.189 e. The Kier molecular flexibility index (Phi) is 4.37. The molecule has 19 heavy (non-hydrogen) atoms. The molecule has 0 atom stereocenters. The summed E-state index contributed by atoms with van der Waals surface area (Å²) in [7, 11) is 0. The molecular formula is C14H14N4S. The Hall–Kier alpha value is -2.06. The van der Waals surface area contributed by atoms with Gasteiger partial charge in [0.15, 0.2) is 5.16 Å². The van der Waals surface area contributed by atoms with Crippen LogP contribution in [0.25, 0.3) is 0 Å². The molecule has 0 spiro atoms. The lowest BCUT2D eigenvalue weighted by Crippen LogP contribution is -2.06. The number of nitriles is 1. The van der Waals surface area contributed by atoms with E-state index in [1.165, 1.54) is 22.9 Å². The zero-order valence-corrected chi connectivity index (χ0v) is 11.7. The standard InChI is InChI=1S/C14H14N4S/c1-10-5-3-4-6-11(10)8-16-13-12(7-15)9-17-14(18-13)19-2/h3-6,9H,8H2,1-2H3,(H,16,17,18). The van der Waals surface area contributed by atoms with Crippen molar-refractivity contribution in [2.75, 3.05) is 11.6 Å². The van der Waals surface area contributed by atoms with Crippen molar-refractivity contribution < 1.29 is 0 Å². The van der Waals surface area contributed by atoms with Crippen LogP contribution in [-0.4, -0.2) is 16.2 Å². The molecule has 0 fully saturated rings. The molecule has 2 rings (SSSR count). The molecule has 0 bridgehead atoms. The Balaban J connectivity index is 2.19. The van der Waals surface area contributed by atoms with Crippen LogP contribution in [0.1, 0.15) is 16.7 Å². The van der Waals surface area contributed by atoms with Gasteiger partial charge in [0.25, 0.3) is 0 Å². The van der Waals surface area contributed by atoms with E-state index >= 15 is 0 Å². The summed E-state index contributed by atoms with van der Waals surface area (Å²) in [5.74, 6) is 0.588. The van der Waals surface area contributed by atoms with Crippen molar-refractivity contribution in [2.45, 2.75) is 18.6 Å². The second kappa shape index (κ2) is 6.21. The molecule has 0 unspecified atom stereocenters. The van der Waals surface area contributed by atoms with Crippen LogP contribution < -0.4 is 5.32 Å². The minimum atomic E-state index is 0.464. The van der Waals surface area contributed by atoms with Gasteiger partial charge in [-0.2, -0.15) is 5.26 Å². The Labute approximate surface area is 116 Å². The predicted molar refractivity (Wildman–Crippen MR) is 77.0 cm³/mol. The quantitative estimate of drug-likeness (QED) is 0.683. The Morgan fingerprint density at radius 1 is 1.37 bits per heavy atom. The number of anilines is 1. The highest BCUT2D eigenvalue weighted by molar-refractivity contribution is 7.98. The number of thioether (sulfide) groups is 1. The lowest BCUT2D eigenvalue weighted by atomic mass is 10.1. The van der Waals surface area contributed by atoms with E-state index in [0.29, 0.717) is 23.1 Å². The van der Waals surface area contributed by atoms with Crippen LogP contribution in [0.2, 0.25) is 0 Å². The first-order valence-corrected chi connectivity index (χ1v) is 7.06. The molecule has 1 aromatic heterocycles. The highest BCUT2D eigenvalue weighted by Crippen LogP contribution is 2.17. The Morgan fingerprint density at radius 2 is 2.16 bits per heavy atom. The molecule has 0 saturated heterocycles. The second-order valence-electron chi connectivity index (χ2n) is 4.01. The predicted octanol–water partition coefficient (Wildman–Crippen LogP) is 2.99. The minimum absolute atomic E-state index is 0.464. The van der Waals surface area contributed by atoms with Gasteiger partial charge in [-0.1, -0.05) is 36.0 Å². The maximum atomic E-state index is 9.06. The molecule has 0 aliphatic rings. The molecule has 4 nitrogen and oxygen atoms in total. The van der Waals surface area contributed by atoms with Crippen molar-refractivity contribution >= 4 is 17.6 Å². The third-order valence-corrected chi connectivity index (χ3v) is 3.34. The number of rotatable bonds is 4. The molecule has 0 aliphatic carbocycles. The van der Waals surface area contributed by atoms with Gasteiger partial charge in [-0.15, -0.1) is 0 Å². The zero-order chi connectivity index (χ0) is 13.7. The molecule has 0 amide bonds. The van der Waals surface area contributed by atoms with E-state index in [1.54, 1.807) is 6.20 Å². The van der Waals surface area contributed by atoms with E-state index < -0.39 is 0 Å². The van der Waals surface area contributed by atoms with Crippen molar-refractivity contribution in [3.8, 4) is 6.07 Å². The summed E-state index contributed by atoms with van der Waals surface area (Å²) in [6, 6.07) is 10.2. The van der Waals surface area contributed by atoms with Crippen LogP contribution in [0.4, 0.5) is 5.82 Å². The molecule has 0 radical (unpaired) electrons. The van der Waals surface area contributed by atoms with Crippen LogP contribution in [0.3, 0.4) is 0 Å². The Bertz CT molecular complexity index is 619. The molecule has 0 saturated carbocycles. The van der Waals surface area contributed by atoms with Crippen LogP contribution in [0.5, 0.6) is 0 Å². The summed E-state index contributed by atoms with van der Waals surface area (Å²) in [5, 5.41) is 12.9. The number of hydrogen-bond donors (Lipinski definition) is 1. The molecule has 2 aromatic rings. The summed E-state index contributed by atoms with van der Waals surface area (Å²) in [6.07, 6.45) is 3.46. The van der Waals surface area contributed by atoms with Crippen LogP contribution >= 0.6 is 11.8 Å². The summed E-state index contributed by atoms with van der Waals surface area (Å²) < 4.78 is 0. The van der Waals surface area contributed by atoms with Gasteiger partial charge < -0.3 is 5.32 Å². The molecule has 1 aromatic carbocycles. The van der Waals surface area contributed by atoms with Gasteiger partial charge >= 0.3 is 0 Å². The van der Waals surface area contributed by atoms with Gasteiger partial charge in [-0.25, -0.2) is 9.97 Å². The third-order valence-electron chi connectivity index (χ3n) is 2.78. The topological polar surface area (TPSA) is 61.6 Å². The zero-order valence-electron chi connectivity index (χ0n) is 10.8. The van der Waals surface area contributed by atoms with Gasteiger partial charge in [0, 0.05) is 6.54 Å². The summed E-state index contributed by atoms with van der Waals surface area (Å²) in [4.78, 5) is 8.42. The van der Waals surface area contributed by atoms with Crippen molar-refractivity contribution in [1.29, 1.82) is 5.26 Å². The minimum Gasteiger partial charge on any atom is -0.365 e. The average Bonchev–Trinajstić information content (AvgIpc) is 2.46. The fourth-order valence-corrected chi connectivity index (χ4v) is 2.01. The fraction of sp³-hybridized carbons (Fsp3) is 0.214. The van der Waals surface area contributed by atoms with Gasteiger partial charge in [-0.3, -0.25) is 0 Å². The normalized spacial score (nSPS) is 9.95. The van der Waals surface area contributed by atoms with Gasteiger partial charge in [0.05, 0.1) is 6.20 Å². The molecule has 0 aliphatic heterocycles. The highest BCUT2D eigenvalue weighted by atomic mass is 32.2. The van der Waals surface area contributed by atoms with E-state index in [4.69, 9.17) is 5.26 Å². The molecule has 5 heteroatoms. The van der Waals surface area contributed by atoms with E-state index in [0.717, 1.165) is 0 Å². The highest BCUT2D eigenvalue weighted by Gasteiger charge is 2.06. The van der Waals surface area contributed by atoms with E-state index in [9.17, 15) is 0 Å². The third kappa shape index (κ3) is 3.24. The molecule has 96 valence electrons. The number of nitrogens with one attached hydrogen (secondary N) is 1. The van der Waals surface area contributed by atoms with Crippen LogP contribution in [0, 0.1) is 18.3 Å². The van der Waals surface area contributed by atoms with Crippen LogP contribution in [0.15, 0.2) is 35.6 Å². The second-order valence-corrected chi connectivity index (χ2v) is 4.78. The first-order valence-electron chi connectivity index (χ1n) is 5.84. The monoisotopic (exact) mass is 270 g/mol. The van der Waals surface area contributed by atoms with E-state index in [1.807, 2.05) is 18.4 Å². The number of nitrogens with zero attached hydrogens (tertiary/aromatic N) is 3. The van der Waals surface area contributed by atoms with Crippen LogP contribution in [-0.2, 0) is 6.54 Å². The van der Waals surface area contributed by atoms with E-state index in [-0.39, 0.29) is 0 Å². The number of aromatic nitrogens is 2. The first-order chi connectivity index (χ1) is 9.24. The fourth-order valence-electron chi connectivity index (χ4n) is 1.67. The lowest BCUT2D eigenvalue weighted by molar-refractivity contribution is 0.947. The van der Waals surface area contributed by atoms with Gasteiger partial charge in [0.2, 0.25) is 0 Å². The van der Waals surface area contributed by atoms with Gasteiger partial charge in [-0.05, 0) is 24.3 Å². The lowest BCUT2D eigenvalue weighted by Gasteiger charge is -2.09. The maximum absolute atomic E-state index is 9.06. The summed E-state index contributed by atoms with van der Waals surface area (Å²) in [6.45, 7) is 2.71. The van der Waals surface area contributed by atoms with Gasteiger partial charge in [0.1, 0.15) is 17.5 Å². The number of aryl methyl sites for hydroxylation is 1. The van der Waals surface area contributed by atoms with Crippen molar-refractivity contribution in [1.82, 2.24) is 9.97 Å². The number of benzene rings is 1. The van der Waals surface area contributed by atoms with Crippen molar-refractivity contribution in [2.24, 2.45) is 0 Å².